The molecule has 158 valence electrons. The molecule has 2 aromatic carbocycles. The molecule has 1 amide bonds. The van der Waals surface area contributed by atoms with E-state index in [0.717, 1.165) is 35.6 Å². The van der Waals surface area contributed by atoms with Crippen LogP contribution in [-0.4, -0.2) is 48.2 Å². The molecule has 0 aliphatic heterocycles. The van der Waals surface area contributed by atoms with Crippen molar-refractivity contribution in [1.82, 2.24) is 19.6 Å². The van der Waals surface area contributed by atoms with E-state index in [4.69, 9.17) is 0 Å². The molecule has 4 rings (SSSR count). The van der Waals surface area contributed by atoms with E-state index in [2.05, 4.69) is 15.3 Å². The van der Waals surface area contributed by atoms with Crippen molar-refractivity contribution in [3.05, 3.63) is 48.5 Å². The molecule has 0 saturated heterocycles. The van der Waals surface area contributed by atoms with Crippen LogP contribution in [0.3, 0.4) is 0 Å². The van der Waals surface area contributed by atoms with Gasteiger partial charge in [0.1, 0.15) is 5.82 Å². The van der Waals surface area contributed by atoms with Crippen molar-refractivity contribution >= 4 is 27.0 Å². The molecular weight excluding hydrogens is 400 g/mol. The number of benzene rings is 2. The van der Waals surface area contributed by atoms with Crippen LogP contribution in [0.25, 0.3) is 22.4 Å². The topological polar surface area (TPSA) is 95.2 Å². The van der Waals surface area contributed by atoms with Gasteiger partial charge in [-0.15, -0.1) is 0 Å². The Labute approximate surface area is 176 Å². The van der Waals surface area contributed by atoms with Crippen molar-refractivity contribution in [2.45, 2.75) is 43.0 Å². The Bertz CT molecular complexity index is 1140. The first-order valence-electron chi connectivity index (χ1n) is 10.2. The van der Waals surface area contributed by atoms with Gasteiger partial charge in [-0.05, 0) is 31.0 Å². The summed E-state index contributed by atoms with van der Waals surface area (Å²) >= 11 is 0. The van der Waals surface area contributed by atoms with Gasteiger partial charge in [-0.25, -0.2) is 13.4 Å². The standard InChI is InChI=1S/C22H26N4O3S/c1-26(15-21(27)23-17-10-6-3-7-11-17)30(28,29)18-12-13-19-20(14-18)25-22(24-19)16-8-4-2-5-9-16/h2,4-5,8-9,12-14,17H,3,6-7,10-11,15H2,1H3,(H,23,27)(H,24,25). The molecule has 3 aromatic rings. The summed E-state index contributed by atoms with van der Waals surface area (Å²) in [6.45, 7) is -0.199. The van der Waals surface area contributed by atoms with Crippen LogP contribution >= 0.6 is 0 Å². The van der Waals surface area contributed by atoms with Crippen LogP contribution in [0, 0.1) is 0 Å². The number of sulfonamides is 1. The Balaban J connectivity index is 1.50. The third kappa shape index (κ3) is 4.39. The van der Waals surface area contributed by atoms with Crippen molar-refractivity contribution in [3.8, 4) is 11.4 Å². The zero-order valence-electron chi connectivity index (χ0n) is 17.0. The highest BCUT2D eigenvalue weighted by Crippen LogP contribution is 2.24. The van der Waals surface area contributed by atoms with Gasteiger partial charge in [0, 0.05) is 18.7 Å². The van der Waals surface area contributed by atoms with Gasteiger partial charge in [-0.1, -0.05) is 49.6 Å². The quantitative estimate of drug-likeness (QED) is 0.632. The van der Waals surface area contributed by atoms with E-state index in [1.165, 1.54) is 19.5 Å². The Kier molecular flexibility index (Phi) is 5.87. The number of fused-ring (bicyclic) bond motifs is 1. The fraction of sp³-hybridized carbons (Fsp3) is 0.364. The highest BCUT2D eigenvalue weighted by Gasteiger charge is 2.25. The Morgan fingerprint density at radius 2 is 1.87 bits per heavy atom. The van der Waals surface area contributed by atoms with Crippen LogP contribution in [0.15, 0.2) is 53.4 Å². The SMILES string of the molecule is CN(CC(=O)NC1CCCCC1)S(=O)(=O)c1ccc2nc(-c3ccccc3)[nH]c2c1. The van der Waals surface area contributed by atoms with Gasteiger partial charge in [0.2, 0.25) is 15.9 Å². The summed E-state index contributed by atoms with van der Waals surface area (Å²) in [7, 11) is -2.36. The van der Waals surface area contributed by atoms with Gasteiger partial charge in [0.15, 0.2) is 0 Å². The van der Waals surface area contributed by atoms with Crippen molar-refractivity contribution in [2.24, 2.45) is 0 Å². The number of carbonyl (C=O) groups is 1. The van der Waals surface area contributed by atoms with Gasteiger partial charge in [0.25, 0.3) is 0 Å². The number of carbonyl (C=O) groups excluding carboxylic acids is 1. The molecule has 1 saturated carbocycles. The van der Waals surface area contributed by atoms with Gasteiger partial charge in [0.05, 0.1) is 22.5 Å². The number of hydrogen-bond acceptors (Lipinski definition) is 4. The minimum atomic E-state index is -3.80. The van der Waals surface area contributed by atoms with Crippen molar-refractivity contribution in [1.29, 1.82) is 0 Å². The van der Waals surface area contributed by atoms with E-state index in [0.29, 0.717) is 16.9 Å². The molecule has 1 aromatic heterocycles. The predicted molar refractivity (Wildman–Crippen MR) is 116 cm³/mol. The number of H-pyrrole nitrogens is 1. The van der Waals surface area contributed by atoms with E-state index < -0.39 is 10.0 Å². The summed E-state index contributed by atoms with van der Waals surface area (Å²) < 4.78 is 27.1. The second-order valence-electron chi connectivity index (χ2n) is 7.79. The van der Waals surface area contributed by atoms with E-state index in [1.54, 1.807) is 12.1 Å². The van der Waals surface area contributed by atoms with E-state index in [1.807, 2.05) is 30.3 Å². The van der Waals surface area contributed by atoms with Gasteiger partial charge in [-0.2, -0.15) is 4.31 Å². The molecule has 2 N–H and O–H groups in total. The van der Waals surface area contributed by atoms with Crippen LogP contribution in [0.1, 0.15) is 32.1 Å². The van der Waals surface area contributed by atoms with Crippen LogP contribution in [0.5, 0.6) is 0 Å². The fourth-order valence-corrected chi connectivity index (χ4v) is 5.02. The second-order valence-corrected chi connectivity index (χ2v) is 9.84. The lowest BCUT2D eigenvalue weighted by atomic mass is 9.95. The summed E-state index contributed by atoms with van der Waals surface area (Å²) in [6, 6.07) is 14.6. The second kappa shape index (κ2) is 8.57. The zero-order chi connectivity index (χ0) is 21.1. The molecule has 8 heteroatoms. The number of amides is 1. The average molecular weight is 427 g/mol. The third-order valence-corrected chi connectivity index (χ3v) is 7.34. The summed E-state index contributed by atoms with van der Waals surface area (Å²) in [5.41, 5.74) is 2.25. The van der Waals surface area contributed by atoms with Crippen molar-refractivity contribution in [3.63, 3.8) is 0 Å². The molecular formula is C22H26N4O3S. The number of hydrogen-bond donors (Lipinski definition) is 2. The molecule has 0 unspecified atom stereocenters. The first kappa shape index (κ1) is 20.6. The summed E-state index contributed by atoms with van der Waals surface area (Å²) in [6.07, 6.45) is 5.33. The first-order valence-corrected chi connectivity index (χ1v) is 11.7. The largest absolute Gasteiger partial charge is 0.352 e. The number of imidazole rings is 1. The molecule has 1 aliphatic rings. The summed E-state index contributed by atoms with van der Waals surface area (Å²) in [5, 5.41) is 2.96. The average Bonchev–Trinajstić information content (AvgIpc) is 3.18. The van der Waals surface area contributed by atoms with Crippen LogP contribution in [0.4, 0.5) is 0 Å². The van der Waals surface area contributed by atoms with Crippen molar-refractivity contribution in [2.75, 3.05) is 13.6 Å². The number of likely N-dealkylation sites (N-methyl/N-ethyl adjacent to an activating group) is 1. The lowest BCUT2D eigenvalue weighted by Crippen LogP contribution is -2.43. The maximum absolute atomic E-state index is 13.0. The molecule has 1 aliphatic carbocycles. The molecule has 1 fully saturated rings. The number of nitrogens with one attached hydrogen (secondary N) is 2. The van der Waals surface area contributed by atoms with Gasteiger partial charge < -0.3 is 10.3 Å². The van der Waals surface area contributed by atoms with Crippen LogP contribution in [-0.2, 0) is 14.8 Å². The Morgan fingerprint density at radius 1 is 1.13 bits per heavy atom. The van der Waals surface area contributed by atoms with Gasteiger partial charge in [-0.3, -0.25) is 4.79 Å². The third-order valence-electron chi connectivity index (χ3n) is 5.55. The summed E-state index contributed by atoms with van der Waals surface area (Å²) in [4.78, 5) is 20.2. The van der Waals surface area contributed by atoms with E-state index >= 15 is 0 Å². The fourth-order valence-electron chi connectivity index (χ4n) is 3.87. The molecule has 0 bridgehead atoms. The smallest absolute Gasteiger partial charge is 0.243 e. The zero-order valence-corrected chi connectivity index (χ0v) is 17.8. The maximum Gasteiger partial charge on any atom is 0.243 e. The minimum Gasteiger partial charge on any atom is -0.352 e. The number of rotatable bonds is 6. The highest BCUT2D eigenvalue weighted by atomic mass is 32.2. The first-order chi connectivity index (χ1) is 14.4. The Morgan fingerprint density at radius 3 is 2.60 bits per heavy atom. The van der Waals surface area contributed by atoms with Gasteiger partial charge >= 0.3 is 0 Å². The molecule has 1 heterocycles. The number of aromatic nitrogens is 2. The lowest BCUT2D eigenvalue weighted by molar-refractivity contribution is -0.122. The van der Waals surface area contributed by atoms with E-state index in [9.17, 15) is 13.2 Å². The number of nitrogens with zero attached hydrogens (tertiary/aromatic N) is 2. The predicted octanol–water partition coefficient (Wildman–Crippen LogP) is 3.30. The normalized spacial score (nSPS) is 15.5. The molecule has 30 heavy (non-hydrogen) atoms. The maximum atomic E-state index is 13.0. The van der Waals surface area contributed by atoms with E-state index in [-0.39, 0.29) is 23.4 Å². The summed E-state index contributed by atoms with van der Waals surface area (Å²) in [5.74, 6) is 0.419. The lowest BCUT2D eigenvalue weighted by Gasteiger charge is -2.24. The Hall–Kier alpha value is -2.71. The molecule has 0 spiro atoms. The molecule has 7 nitrogen and oxygen atoms in total. The molecule has 0 radical (unpaired) electrons. The minimum absolute atomic E-state index is 0.131. The number of aromatic amines is 1. The van der Waals surface area contributed by atoms with Crippen molar-refractivity contribution < 1.29 is 13.2 Å². The monoisotopic (exact) mass is 426 g/mol. The molecule has 0 atom stereocenters. The highest BCUT2D eigenvalue weighted by molar-refractivity contribution is 7.89. The van der Waals surface area contributed by atoms with Crippen LogP contribution < -0.4 is 5.32 Å². The van der Waals surface area contributed by atoms with Crippen LogP contribution in [0.2, 0.25) is 0 Å².